The van der Waals surface area contributed by atoms with Gasteiger partial charge in [0.05, 0.1) is 6.61 Å². The maximum Gasteiger partial charge on any atom is 0.134 e. The molecular formula is C18H19NO2. The monoisotopic (exact) mass is 281 g/mol. The van der Waals surface area contributed by atoms with Gasteiger partial charge in [0.15, 0.2) is 0 Å². The van der Waals surface area contributed by atoms with Gasteiger partial charge >= 0.3 is 0 Å². The number of aliphatic hydroxyl groups excluding tert-OH is 1. The smallest absolute Gasteiger partial charge is 0.134 e. The minimum Gasteiger partial charge on any atom is -0.461 e. The Morgan fingerprint density at radius 3 is 2.52 bits per heavy atom. The van der Waals surface area contributed by atoms with Gasteiger partial charge in [0.25, 0.3) is 0 Å². The molecule has 0 fully saturated rings. The second kappa shape index (κ2) is 6.02. The van der Waals surface area contributed by atoms with Gasteiger partial charge in [0.1, 0.15) is 11.3 Å². The van der Waals surface area contributed by atoms with Gasteiger partial charge in [-0.3, -0.25) is 0 Å². The molecule has 21 heavy (non-hydrogen) atoms. The summed E-state index contributed by atoms with van der Waals surface area (Å²) in [5.41, 5.74) is 4.13. The minimum absolute atomic E-state index is 0.0760. The second-order valence-corrected chi connectivity index (χ2v) is 5.06. The van der Waals surface area contributed by atoms with Gasteiger partial charge in [-0.05, 0) is 23.8 Å². The molecule has 0 aliphatic heterocycles. The quantitative estimate of drug-likeness (QED) is 0.740. The van der Waals surface area contributed by atoms with Crippen LogP contribution in [-0.2, 0) is 19.6 Å². The van der Waals surface area contributed by atoms with Crippen LogP contribution in [0.25, 0.3) is 11.0 Å². The maximum atomic E-state index is 9.06. The van der Waals surface area contributed by atoms with Crippen molar-refractivity contribution in [3.05, 3.63) is 65.4 Å². The second-order valence-electron chi connectivity index (χ2n) is 5.06. The molecule has 2 aromatic carbocycles. The summed E-state index contributed by atoms with van der Waals surface area (Å²) in [6.07, 6.45) is 0.884. The number of nitrogens with one attached hydrogen (secondary N) is 1. The molecule has 0 saturated carbocycles. The molecule has 1 aromatic heterocycles. The van der Waals surface area contributed by atoms with Crippen LogP contribution in [-0.4, -0.2) is 5.11 Å². The third kappa shape index (κ3) is 2.78. The number of para-hydroxylation sites is 1. The van der Waals surface area contributed by atoms with Gasteiger partial charge in [-0.25, -0.2) is 0 Å². The van der Waals surface area contributed by atoms with E-state index in [1.54, 1.807) is 0 Å². The normalized spacial score (nSPS) is 11.0. The van der Waals surface area contributed by atoms with Crippen molar-refractivity contribution in [3.63, 3.8) is 0 Å². The molecule has 1 heterocycles. The molecule has 0 unspecified atom stereocenters. The minimum atomic E-state index is 0.0760. The lowest BCUT2D eigenvalue weighted by Gasteiger charge is -2.07. The number of hydrogen-bond acceptors (Lipinski definition) is 3. The Morgan fingerprint density at radius 2 is 1.81 bits per heavy atom. The van der Waals surface area contributed by atoms with Gasteiger partial charge in [-0.1, -0.05) is 37.3 Å². The number of rotatable bonds is 5. The van der Waals surface area contributed by atoms with Crippen molar-refractivity contribution in [1.82, 2.24) is 0 Å². The van der Waals surface area contributed by atoms with Gasteiger partial charge in [0.2, 0.25) is 0 Å². The first kappa shape index (κ1) is 13.7. The first-order valence-electron chi connectivity index (χ1n) is 7.24. The largest absolute Gasteiger partial charge is 0.461 e. The Labute approximate surface area is 124 Å². The third-order valence-corrected chi connectivity index (χ3v) is 3.71. The van der Waals surface area contributed by atoms with Crippen LogP contribution in [0.3, 0.4) is 0 Å². The van der Waals surface area contributed by atoms with E-state index in [0.717, 1.165) is 35.6 Å². The molecule has 108 valence electrons. The summed E-state index contributed by atoms with van der Waals surface area (Å²) < 4.78 is 5.90. The lowest BCUT2D eigenvalue weighted by atomic mass is 10.1. The number of hydrogen-bond donors (Lipinski definition) is 2. The fraction of sp³-hybridized carbons (Fsp3) is 0.222. The molecular weight excluding hydrogens is 262 g/mol. The molecule has 3 rings (SSSR count). The zero-order chi connectivity index (χ0) is 14.7. The first-order chi connectivity index (χ1) is 10.3. The van der Waals surface area contributed by atoms with Crippen molar-refractivity contribution >= 4 is 16.7 Å². The number of aryl methyl sites for hydroxylation is 1. The molecule has 0 aliphatic carbocycles. The SMILES string of the molecule is CCc1oc2ccccc2c1CNc1ccc(CO)cc1. The molecule has 0 saturated heterocycles. The molecule has 0 aliphatic rings. The van der Waals surface area contributed by atoms with Gasteiger partial charge in [-0.2, -0.15) is 0 Å². The summed E-state index contributed by atoms with van der Waals surface area (Å²) in [5.74, 6) is 1.04. The highest BCUT2D eigenvalue weighted by Gasteiger charge is 2.11. The fourth-order valence-electron chi connectivity index (χ4n) is 2.55. The standard InChI is InChI=1S/C18H19NO2/c1-2-17-16(15-5-3-4-6-18(15)21-17)11-19-14-9-7-13(12-20)8-10-14/h3-10,19-20H,2,11-12H2,1H3. The predicted octanol–water partition coefficient (Wildman–Crippen LogP) is 4.10. The third-order valence-electron chi connectivity index (χ3n) is 3.71. The maximum absolute atomic E-state index is 9.06. The molecule has 3 aromatic rings. The van der Waals surface area contributed by atoms with Gasteiger partial charge in [0, 0.05) is 29.6 Å². The van der Waals surface area contributed by atoms with E-state index in [1.165, 1.54) is 10.9 Å². The van der Waals surface area contributed by atoms with Crippen LogP contribution in [0.15, 0.2) is 52.9 Å². The van der Waals surface area contributed by atoms with Crippen LogP contribution in [0.4, 0.5) is 5.69 Å². The number of furan rings is 1. The first-order valence-corrected chi connectivity index (χ1v) is 7.24. The van der Waals surface area contributed by atoms with Crippen LogP contribution in [0, 0.1) is 0 Å². The van der Waals surface area contributed by atoms with E-state index in [0.29, 0.717) is 0 Å². The van der Waals surface area contributed by atoms with Crippen LogP contribution in [0.5, 0.6) is 0 Å². The van der Waals surface area contributed by atoms with E-state index in [1.807, 2.05) is 42.5 Å². The van der Waals surface area contributed by atoms with Crippen molar-refractivity contribution in [2.24, 2.45) is 0 Å². The summed E-state index contributed by atoms with van der Waals surface area (Å²) in [4.78, 5) is 0. The Morgan fingerprint density at radius 1 is 1.05 bits per heavy atom. The van der Waals surface area contributed by atoms with Crippen molar-refractivity contribution < 1.29 is 9.52 Å². The van der Waals surface area contributed by atoms with Crippen LogP contribution in [0.2, 0.25) is 0 Å². The summed E-state index contributed by atoms with van der Waals surface area (Å²) in [5, 5.41) is 13.7. The van der Waals surface area contributed by atoms with E-state index >= 15 is 0 Å². The fourth-order valence-corrected chi connectivity index (χ4v) is 2.55. The van der Waals surface area contributed by atoms with Crippen LogP contribution < -0.4 is 5.32 Å². The molecule has 0 amide bonds. The Hall–Kier alpha value is -2.26. The average Bonchev–Trinajstić information content (AvgIpc) is 2.91. The van der Waals surface area contributed by atoms with E-state index in [4.69, 9.17) is 9.52 Å². The number of fused-ring (bicyclic) bond motifs is 1. The number of benzene rings is 2. The summed E-state index contributed by atoms with van der Waals surface area (Å²) in [7, 11) is 0. The van der Waals surface area contributed by atoms with Gasteiger partial charge in [-0.15, -0.1) is 0 Å². The van der Waals surface area contributed by atoms with E-state index in [-0.39, 0.29) is 6.61 Å². The van der Waals surface area contributed by atoms with Crippen LogP contribution >= 0.6 is 0 Å². The topological polar surface area (TPSA) is 45.4 Å². The van der Waals surface area contributed by atoms with Gasteiger partial charge < -0.3 is 14.8 Å². The summed E-state index contributed by atoms with van der Waals surface area (Å²) in [6, 6.07) is 16.0. The molecule has 0 radical (unpaired) electrons. The lowest BCUT2D eigenvalue weighted by molar-refractivity contribution is 0.282. The zero-order valence-corrected chi connectivity index (χ0v) is 12.1. The van der Waals surface area contributed by atoms with Crippen LogP contribution in [0.1, 0.15) is 23.8 Å². The number of aliphatic hydroxyl groups is 1. The number of anilines is 1. The highest BCUT2D eigenvalue weighted by Crippen LogP contribution is 2.27. The highest BCUT2D eigenvalue weighted by atomic mass is 16.3. The molecule has 3 heteroatoms. The molecule has 0 atom stereocenters. The van der Waals surface area contributed by atoms with Crippen molar-refractivity contribution in [1.29, 1.82) is 0 Å². The lowest BCUT2D eigenvalue weighted by Crippen LogP contribution is -2.01. The van der Waals surface area contributed by atoms with Crippen molar-refractivity contribution in [2.75, 3.05) is 5.32 Å². The summed E-state index contributed by atoms with van der Waals surface area (Å²) >= 11 is 0. The van der Waals surface area contributed by atoms with E-state index < -0.39 is 0 Å². The van der Waals surface area contributed by atoms with E-state index in [2.05, 4.69) is 18.3 Å². The predicted molar refractivity (Wildman–Crippen MR) is 85.3 cm³/mol. The van der Waals surface area contributed by atoms with Crippen molar-refractivity contribution in [3.8, 4) is 0 Å². The zero-order valence-electron chi connectivity index (χ0n) is 12.1. The average molecular weight is 281 g/mol. The summed E-state index contributed by atoms with van der Waals surface area (Å²) in [6.45, 7) is 2.92. The highest BCUT2D eigenvalue weighted by molar-refractivity contribution is 5.82. The van der Waals surface area contributed by atoms with E-state index in [9.17, 15) is 0 Å². The van der Waals surface area contributed by atoms with Crippen molar-refractivity contribution in [2.45, 2.75) is 26.5 Å². The Balaban J connectivity index is 1.83. The molecule has 0 bridgehead atoms. The Kier molecular flexibility index (Phi) is 3.93. The Bertz CT molecular complexity index is 729. The molecule has 3 nitrogen and oxygen atoms in total. The molecule has 2 N–H and O–H groups in total. The molecule has 0 spiro atoms.